The zero-order chi connectivity index (χ0) is 40.4. The normalized spacial score (nSPS) is 11.0. The molecule has 0 bridgehead atoms. The summed E-state index contributed by atoms with van der Waals surface area (Å²) in [5, 5.41) is 25.3. The van der Waals surface area contributed by atoms with E-state index in [2.05, 4.69) is 50.9 Å². The summed E-state index contributed by atoms with van der Waals surface area (Å²) in [4.78, 5) is 45.0. The van der Waals surface area contributed by atoms with E-state index in [1.807, 2.05) is 31.2 Å². The maximum absolute atomic E-state index is 13.1. The molecular formula is C40H34F2N12O2S2. The average molecular weight is 817 g/mol. The first-order valence-corrected chi connectivity index (χ1v) is 19.6. The highest BCUT2D eigenvalue weighted by Crippen LogP contribution is 2.29. The number of tetrazole rings is 2. The molecule has 0 aliphatic rings. The van der Waals surface area contributed by atoms with Crippen molar-refractivity contribution in [1.29, 1.82) is 0 Å². The molecule has 0 spiro atoms. The number of carbonyl (C=O) groups excluding carboxylic acids is 2. The molecule has 8 aromatic rings. The fraction of sp³-hybridized carbons (Fsp3) is 0.200. The minimum atomic E-state index is -0.296. The first kappa shape index (κ1) is 39.6. The predicted molar refractivity (Wildman–Crippen MR) is 212 cm³/mol. The highest BCUT2D eigenvalue weighted by atomic mass is 32.1. The molecule has 0 unspecified atom stereocenters. The Morgan fingerprint density at radius 2 is 1.17 bits per heavy atom. The first-order chi connectivity index (χ1) is 28.2. The van der Waals surface area contributed by atoms with Crippen LogP contribution >= 0.6 is 22.7 Å². The highest BCUT2D eigenvalue weighted by molar-refractivity contribution is 7.17. The van der Waals surface area contributed by atoms with Gasteiger partial charge in [0.1, 0.15) is 11.6 Å². The molecule has 2 aromatic carbocycles. The molecule has 14 nitrogen and oxygen atoms in total. The molecule has 0 aliphatic carbocycles. The van der Waals surface area contributed by atoms with Crippen LogP contribution in [-0.2, 0) is 25.9 Å². The van der Waals surface area contributed by atoms with Crippen molar-refractivity contribution in [2.45, 2.75) is 52.6 Å². The monoisotopic (exact) mass is 816 g/mol. The van der Waals surface area contributed by atoms with Crippen molar-refractivity contribution < 1.29 is 18.4 Å². The third kappa shape index (κ3) is 10.2. The van der Waals surface area contributed by atoms with Gasteiger partial charge in [-0.2, -0.15) is 4.80 Å². The van der Waals surface area contributed by atoms with Crippen LogP contribution in [0.5, 0.6) is 0 Å². The van der Waals surface area contributed by atoms with Crippen molar-refractivity contribution in [2.24, 2.45) is 0 Å². The lowest BCUT2D eigenvalue weighted by molar-refractivity contribution is 0.0977. The van der Waals surface area contributed by atoms with Crippen LogP contribution < -0.4 is 0 Å². The molecule has 6 heterocycles. The summed E-state index contributed by atoms with van der Waals surface area (Å²) in [6.45, 7) is 4.37. The Kier molecular flexibility index (Phi) is 12.6. The van der Waals surface area contributed by atoms with Gasteiger partial charge in [-0.05, 0) is 101 Å². The molecule has 292 valence electrons. The summed E-state index contributed by atoms with van der Waals surface area (Å²) in [5.74, 6) is 0.331. The van der Waals surface area contributed by atoms with E-state index in [9.17, 15) is 18.4 Å². The fourth-order valence-electron chi connectivity index (χ4n) is 5.71. The lowest BCUT2D eigenvalue weighted by Crippen LogP contribution is -2.04. The zero-order valence-corrected chi connectivity index (χ0v) is 32.9. The van der Waals surface area contributed by atoms with Gasteiger partial charge >= 0.3 is 0 Å². The number of hydrogen-bond donors (Lipinski definition) is 0. The van der Waals surface area contributed by atoms with E-state index < -0.39 is 0 Å². The molecule has 0 saturated heterocycles. The summed E-state index contributed by atoms with van der Waals surface area (Å²) >= 11 is 2.56. The number of aryl methyl sites for hydroxylation is 4. The van der Waals surface area contributed by atoms with Crippen molar-refractivity contribution in [3.05, 3.63) is 153 Å². The number of ketones is 2. The Morgan fingerprint density at radius 3 is 1.72 bits per heavy atom. The second-order valence-electron chi connectivity index (χ2n) is 13.0. The van der Waals surface area contributed by atoms with Gasteiger partial charge in [-0.3, -0.25) is 19.6 Å². The molecule has 18 heteroatoms. The Balaban J connectivity index is 0.000000177. The van der Waals surface area contributed by atoms with Crippen molar-refractivity contribution in [1.82, 2.24) is 60.4 Å². The van der Waals surface area contributed by atoms with Gasteiger partial charge in [-0.25, -0.2) is 23.4 Å². The van der Waals surface area contributed by atoms with Crippen molar-refractivity contribution in [2.75, 3.05) is 0 Å². The van der Waals surface area contributed by atoms with Gasteiger partial charge in [0.2, 0.25) is 11.6 Å². The van der Waals surface area contributed by atoms with Gasteiger partial charge in [0.15, 0.2) is 21.6 Å². The maximum atomic E-state index is 13.1. The summed E-state index contributed by atoms with van der Waals surface area (Å²) < 4.78 is 27.7. The third-order valence-electron chi connectivity index (χ3n) is 8.68. The lowest BCUT2D eigenvalue weighted by Gasteiger charge is -2.03. The minimum absolute atomic E-state index is 0.0349. The number of benzene rings is 2. The van der Waals surface area contributed by atoms with Crippen LogP contribution in [-0.4, -0.2) is 71.9 Å². The summed E-state index contributed by atoms with van der Waals surface area (Å²) in [7, 11) is 0. The predicted octanol–water partition coefficient (Wildman–Crippen LogP) is 7.01. The Morgan fingerprint density at radius 1 is 0.638 bits per heavy atom. The number of hydrogen-bond acceptors (Lipinski definition) is 14. The number of carbonyl (C=O) groups is 2. The highest BCUT2D eigenvalue weighted by Gasteiger charge is 2.21. The van der Waals surface area contributed by atoms with Crippen LogP contribution in [0, 0.1) is 25.5 Å². The van der Waals surface area contributed by atoms with Gasteiger partial charge in [0.05, 0.1) is 34.2 Å². The van der Waals surface area contributed by atoms with Gasteiger partial charge in [-0.1, -0.05) is 36.4 Å². The summed E-state index contributed by atoms with van der Waals surface area (Å²) in [6.07, 6.45) is 8.98. The standard InChI is InChI=1S/2C20H17FN6OS/c1-13-18(17(28)9-6-14-3-2-10-22-11-14)29-20(23-13)19-24-25-26-27(19)12-15-4-7-16(21)8-5-15;1-13-18(17(28)9-6-14-3-2-10-22-11-14)29-20(23-13)19-24-26-27(25-19)12-15-4-7-16(21)8-5-15/h2*2-5,7-8,10-11H,6,9,12H2,1H3. The van der Waals surface area contributed by atoms with E-state index in [0.717, 1.165) is 22.3 Å². The molecular weight excluding hydrogens is 783 g/mol. The third-order valence-corrected chi connectivity index (χ3v) is 11.1. The quantitative estimate of drug-likeness (QED) is 0.103. The van der Waals surface area contributed by atoms with E-state index in [1.165, 1.54) is 51.7 Å². The molecule has 0 atom stereocenters. The molecule has 0 saturated carbocycles. The topological polar surface area (TPSA) is 173 Å². The van der Waals surface area contributed by atoms with Crippen LogP contribution in [0.25, 0.3) is 21.7 Å². The molecule has 0 aliphatic heterocycles. The summed E-state index contributed by atoms with van der Waals surface area (Å²) in [6, 6.07) is 19.9. The Hall–Kier alpha value is -6.66. The number of thiazole rings is 2. The Labute approximate surface area is 338 Å². The van der Waals surface area contributed by atoms with E-state index in [1.54, 1.807) is 60.7 Å². The van der Waals surface area contributed by atoms with Gasteiger partial charge < -0.3 is 0 Å². The van der Waals surface area contributed by atoms with E-state index in [0.29, 0.717) is 81.6 Å². The van der Waals surface area contributed by atoms with Crippen LogP contribution in [0.3, 0.4) is 0 Å². The molecule has 0 fully saturated rings. The molecule has 58 heavy (non-hydrogen) atoms. The number of rotatable bonds is 14. The van der Waals surface area contributed by atoms with E-state index >= 15 is 0 Å². The van der Waals surface area contributed by atoms with E-state index in [4.69, 9.17) is 0 Å². The van der Waals surface area contributed by atoms with Gasteiger partial charge in [-0.15, -0.1) is 38.0 Å². The molecule has 8 rings (SSSR count). The number of nitrogens with zero attached hydrogens (tertiary/aromatic N) is 12. The van der Waals surface area contributed by atoms with Gasteiger partial charge in [0.25, 0.3) is 0 Å². The fourth-order valence-corrected chi connectivity index (χ4v) is 7.69. The maximum Gasteiger partial charge on any atom is 0.233 e. The Bertz CT molecular complexity index is 2610. The molecule has 0 amide bonds. The molecule has 6 aromatic heterocycles. The number of pyridine rings is 2. The van der Waals surface area contributed by atoms with Crippen molar-refractivity contribution in [3.63, 3.8) is 0 Å². The zero-order valence-electron chi connectivity index (χ0n) is 31.2. The van der Waals surface area contributed by atoms with Crippen molar-refractivity contribution in [3.8, 4) is 21.7 Å². The molecule has 0 radical (unpaired) electrons. The van der Waals surface area contributed by atoms with Crippen LogP contribution in [0.15, 0.2) is 97.6 Å². The molecule has 0 N–H and O–H groups in total. The van der Waals surface area contributed by atoms with Crippen LogP contribution in [0.2, 0.25) is 0 Å². The van der Waals surface area contributed by atoms with Crippen molar-refractivity contribution >= 4 is 34.2 Å². The number of halogens is 2. The van der Waals surface area contributed by atoms with Gasteiger partial charge in [0, 0.05) is 37.6 Å². The summed E-state index contributed by atoms with van der Waals surface area (Å²) in [5.41, 5.74) is 5.09. The van der Waals surface area contributed by atoms with E-state index in [-0.39, 0.29) is 23.2 Å². The smallest absolute Gasteiger partial charge is 0.233 e. The van der Waals surface area contributed by atoms with Crippen LogP contribution in [0.4, 0.5) is 8.78 Å². The second-order valence-corrected chi connectivity index (χ2v) is 15.0. The lowest BCUT2D eigenvalue weighted by atomic mass is 10.1. The average Bonchev–Trinajstić information content (AvgIpc) is 4.06. The minimum Gasteiger partial charge on any atom is -0.293 e. The first-order valence-electron chi connectivity index (χ1n) is 18.0. The SMILES string of the molecule is Cc1nc(-c2nnn(Cc3ccc(F)cc3)n2)sc1C(=O)CCc1cccnc1.Cc1nc(-c2nnnn2Cc2ccc(F)cc2)sc1C(=O)CCc1cccnc1. The second kappa shape index (κ2) is 18.5. The number of Topliss-reactive ketones (excluding diaryl/α,β-unsaturated/α-hetero) is 2. The largest absolute Gasteiger partial charge is 0.293 e. The number of aromatic nitrogens is 12. The van der Waals surface area contributed by atoms with Crippen LogP contribution in [0.1, 0.15) is 65.8 Å².